The van der Waals surface area contributed by atoms with E-state index in [9.17, 15) is 4.79 Å². The Bertz CT molecular complexity index is 603. The molecule has 7 atom stereocenters. The summed E-state index contributed by atoms with van der Waals surface area (Å²) in [4.78, 5) is 12.5. The van der Waals surface area contributed by atoms with Gasteiger partial charge in [-0.05, 0) is 68.2 Å². The van der Waals surface area contributed by atoms with Crippen molar-refractivity contribution >= 4 is 5.97 Å². The summed E-state index contributed by atoms with van der Waals surface area (Å²) in [5, 5.41) is 0. The Balaban J connectivity index is 1.47. The molecular weight excluding hydrogens is 330 g/mol. The minimum Gasteiger partial charge on any atom is -0.462 e. The Kier molecular flexibility index (Phi) is 3.81. The molecule has 3 aliphatic carbocycles. The molecule has 3 saturated carbocycles. The summed E-state index contributed by atoms with van der Waals surface area (Å²) in [5.74, 6) is 1.19. The fraction of sp³-hybridized carbons (Fsp3) is 0.952. The predicted octanol–water partition coefficient (Wildman–Crippen LogP) is 2.86. The highest BCUT2D eigenvalue weighted by atomic mass is 16.7. The number of hydrogen-bond acceptors (Lipinski definition) is 5. The molecule has 1 spiro atoms. The molecule has 0 aromatic carbocycles. The summed E-state index contributed by atoms with van der Waals surface area (Å²) < 4.78 is 18.0. The fourth-order valence-corrected chi connectivity index (χ4v) is 7.78. The fourth-order valence-electron chi connectivity index (χ4n) is 7.78. The van der Waals surface area contributed by atoms with E-state index in [0.717, 1.165) is 44.9 Å². The molecule has 146 valence electrons. The molecule has 5 aliphatic rings. The zero-order valence-electron chi connectivity index (χ0n) is 16.2. The van der Waals surface area contributed by atoms with Crippen molar-refractivity contribution in [2.75, 3.05) is 19.8 Å². The third kappa shape index (κ3) is 2.05. The number of carbonyl (C=O) groups is 1. The Morgan fingerprint density at radius 3 is 2.50 bits per heavy atom. The van der Waals surface area contributed by atoms with E-state index >= 15 is 0 Å². The molecule has 5 fully saturated rings. The topological polar surface area (TPSA) is 70.8 Å². The van der Waals surface area contributed by atoms with Crippen LogP contribution in [0.2, 0.25) is 0 Å². The molecule has 2 bridgehead atoms. The van der Waals surface area contributed by atoms with Crippen LogP contribution in [0.3, 0.4) is 0 Å². The van der Waals surface area contributed by atoms with Crippen LogP contribution in [-0.2, 0) is 19.0 Å². The average molecular weight is 363 g/mol. The molecule has 0 amide bonds. The zero-order chi connectivity index (χ0) is 18.2. The Labute approximate surface area is 156 Å². The van der Waals surface area contributed by atoms with Crippen LogP contribution in [0.1, 0.15) is 58.8 Å². The Morgan fingerprint density at radius 2 is 1.77 bits per heavy atom. The molecule has 5 heteroatoms. The maximum absolute atomic E-state index is 12.5. The second-order valence-electron chi connectivity index (χ2n) is 9.95. The molecule has 5 nitrogen and oxygen atoms in total. The average Bonchev–Trinajstić information content (AvgIpc) is 3.31. The molecule has 0 aromatic heterocycles. The van der Waals surface area contributed by atoms with Crippen molar-refractivity contribution in [3.05, 3.63) is 0 Å². The number of nitrogens with two attached hydrogens (primary N) is 1. The normalized spacial score (nSPS) is 52.3. The van der Waals surface area contributed by atoms with E-state index in [4.69, 9.17) is 19.9 Å². The summed E-state index contributed by atoms with van der Waals surface area (Å²) in [5.41, 5.74) is 6.48. The largest absolute Gasteiger partial charge is 0.462 e. The van der Waals surface area contributed by atoms with Crippen molar-refractivity contribution in [1.82, 2.24) is 0 Å². The molecule has 5 rings (SSSR count). The molecule has 2 aliphatic heterocycles. The van der Waals surface area contributed by atoms with E-state index in [1.54, 1.807) is 0 Å². The highest BCUT2D eigenvalue weighted by molar-refractivity contribution is 5.76. The lowest BCUT2D eigenvalue weighted by molar-refractivity contribution is -0.242. The van der Waals surface area contributed by atoms with Gasteiger partial charge in [-0.2, -0.15) is 0 Å². The summed E-state index contributed by atoms with van der Waals surface area (Å²) in [6.07, 6.45) is 7.54. The standard InChI is InChI=1S/C21H33NO4/c1-19(6-3-13-11-17(19)18(23)26-13)15-4-7-20(2)16(14(15)12-22)5-8-21(20)24-9-10-25-21/h13-17H,3-12,22H2,1-2H3/t13-,14+,15-,16-,17+,19+,20-/m0/s1. The van der Waals surface area contributed by atoms with E-state index in [1.165, 1.54) is 0 Å². The van der Waals surface area contributed by atoms with Crippen molar-refractivity contribution in [1.29, 1.82) is 0 Å². The maximum Gasteiger partial charge on any atom is 0.309 e. The first-order valence-electron chi connectivity index (χ1n) is 10.6. The molecule has 0 unspecified atom stereocenters. The minimum atomic E-state index is -0.388. The van der Waals surface area contributed by atoms with Gasteiger partial charge in [-0.3, -0.25) is 4.79 Å². The Morgan fingerprint density at radius 1 is 1.04 bits per heavy atom. The number of fused-ring (bicyclic) bond motifs is 4. The highest BCUT2D eigenvalue weighted by Gasteiger charge is 2.67. The van der Waals surface area contributed by atoms with E-state index in [0.29, 0.717) is 37.5 Å². The van der Waals surface area contributed by atoms with Crippen molar-refractivity contribution in [2.45, 2.75) is 70.7 Å². The van der Waals surface area contributed by atoms with Crippen LogP contribution in [0, 0.1) is 34.5 Å². The third-order valence-electron chi connectivity index (χ3n) is 9.22. The molecule has 0 radical (unpaired) electrons. The molecule has 0 aromatic rings. The quantitative estimate of drug-likeness (QED) is 0.764. The van der Waals surface area contributed by atoms with Gasteiger partial charge in [0.05, 0.1) is 19.1 Å². The lowest BCUT2D eigenvalue weighted by Gasteiger charge is -2.56. The summed E-state index contributed by atoms with van der Waals surface area (Å²) in [6, 6.07) is 0. The Hall–Kier alpha value is -0.650. The highest BCUT2D eigenvalue weighted by Crippen LogP contribution is 2.67. The van der Waals surface area contributed by atoms with Gasteiger partial charge in [-0.25, -0.2) is 0 Å². The van der Waals surface area contributed by atoms with Gasteiger partial charge >= 0.3 is 5.97 Å². The summed E-state index contributed by atoms with van der Waals surface area (Å²) in [7, 11) is 0. The van der Waals surface area contributed by atoms with Gasteiger partial charge in [0.1, 0.15) is 6.10 Å². The van der Waals surface area contributed by atoms with Crippen LogP contribution in [-0.4, -0.2) is 37.6 Å². The SMILES string of the molecule is C[C@]1([C@H]2CC[C@@]3(C)[C@@H](CCC34OCCO4)[C@@H]2CN)CC[C@H]2C[C@@H]1C(=O)O2. The lowest BCUT2D eigenvalue weighted by atomic mass is 9.49. The van der Waals surface area contributed by atoms with Crippen molar-refractivity contribution < 1.29 is 19.0 Å². The van der Waals surface area contributed by atoms with Gasteiger partial charge < -0.3 is 19.9 Å². The van der Waals surface area contributed by atoms with Crippen LogP contribution < -0.4 is 5.73 Å². The molecule has 26 heavy (non-hydrogen) atoms. The smallest absolute Gasteiger partial charge is 0.309 e. The first-order valence-corrected chi connectivity index (χ1v) is 10.6. The van der Waals surface area contributed by atoms with Crippen LogP contribution in [0.15, 0.2) is 0 Å². The maximum atomic E-state index is 12.5. The number of esters is 1. The second kappa shape index (κ2) is 5.68. The van der Waals surface area contributed by atoms with Crippen molar-refractivity contribution in [3.63, 3.8) is 0 Å². The van der Waals surface area contributed by atoms with Gasteiger partial charge in [0.25, 0.3) is 0 Å². The second-order valence-corrected chi connectivity index (χ2v) is 9.95. The van der Waals surface area contributed by atoms with Crippen LogP contribution >= 0.6 is 0 Å². The first-order chi connectivity index (χ1) is 12.4. The monoisotopic (exact) mass is 363 g/mol. The number of hydrogen-bond donors (Lipinski definition) is 1. The summed E-state index contributed by atoms with van der Waals surface area (Å²) >= 11 is 0. The first kappa shape index (κ1) is 17.4. The minimum absolute atomic E-state index is 0.0304. The van der Waals surface area contributed by atoms with E-state index in [2.05, 4.69) is 13.8 Å². The molecular formula is C21H33NO4. The van der Waals surface area contributed by atoms with Crippen LogP contribution in [0.5, 0.6) is 0 Å². The van der Waals surface area contributed by atoms with E-state index < -0.39 is 0 Å². The lowest BCUT2D eigenvalue weighted by Crippen LogP contribution is -2.56. The van der Waals surface area contributed by atoms with E-state index in [1.807, 2.05) is 0 Å². The number of ether oxygens (including phenoxy) is 3. The predicted molar refractivity (Wildman–Crippen MR) is 96.1 cm³/mol. The third-order valence-corrected chi connectivity index (χ3v) is 9.22. The zero-order valence-corrected chi connectivity index (χ0v) is 16.2. The molecule has 2 saturated heterocycles. The van der Waals surface area contributed by atoms with Crippen molar-refractivity contribution in [3.8, 4) is 0 Å². The van der Waals surface area contributed by atoms with Gasteiger partial charge in [0.2, 0.25) is 0 Å². The van der Waals surface area contributed by atoms with Crippen LogP contribution in [0.4, 0.5) is 0 Å². The summed E-state index contributed by atoms with van der Waals surface area (Å²) in [6.45, 7) is 6.85. The molecule has 2 heterocycles. The van der Waals surface area contributed by atoms with Crippen molar-refractivity contribution in [2.24, 2.45) is 40.2 Å². The number of rotatable bonds is 2. The van der Waals surface area contributed by atoms with Gasteiger partial charge in [-0.1, -0.05) is 13.8 Å². The van der Waals surface area contributed by atoms with Gasteiger partial charge in [-0.15, -0.1) is 0 Å². The number of carbonyl (C=O) groups excluding carboxylic acids is 1. The van der Waals surface area contributed by atoms with Crippen LogP contribution in [0.25, 0.3) is 0 Å². The molecule has 2 N–H and O–H groups in total. The van der Waals surface area contributed by atoms with E-state index in [-0.39, 0.29) is 34.6 Å². The van der Waals surface area contributed by atoms with Gasteiger partial charge in [0, 0.05) is 11.8 Å². The van der Waals surface area contributed by atoms with Gasteiger partial charge in [0.15, 0.2) is 5.79 Å².